The molecule has 4 amide bonds. The highest BCUT2D eigenvalue weighted by Crippen LogP contribution is 2.29. The molecule has 43 heavy (non-hydrogen) atoms. The number of carbonyl (C=O) groups excluding carboxylic acids is 4. The van der Waals surface area contributed by atoms with Gasteiger partial charge in [-0.1, -0.05) is 12.8 Å². The fourth-order valence-electron chi connectivity index (χ4n) is 5.40. The number of hydrogen-bond donors (Lipinski definition) is 2. The number of aryl methyl sites for hydroxylation is 1. The zero-order valence-corrected chi connectivity index (χ0v) is 23.2. The van der Waals surface area contributed by atoms with Crippen molar-refractivity contribution in [2.24, 2.45) is 0 Å². The van der Waals surface area contributed by atoms with Crippen molar-refractivity contribution in [3.8, 4) is 17.3 Å². The lowest BCUT2D eigenvalue weighted by Crippen LogP contribution is -2.54. The van der Waals surface area contributed by atoms with Gasteiger partial charge in [0.05, 0.1) is 51.9 Å². The molecule has 0 radical (unpaired) electrons. The molecule has 1 atom stereocenters. The highest BCUT2D eigenvalue weighted by atomic mass is 16.2. The fraction of sp³-hybridized carbons (Fsp3) is 0.290. The summed E-state index contributed by atoms with van der Waals surface area (Å²) in [6, 6.07) is 11.4. The Kier molecular flexibility index (Phi) is 7.61. The van der Waals surface area contributed by atoms with Gasteiger partial charge in [-0.25, -0.2) is 4.98 Å². The van der Waals surface area contributed by atoms with Gasteiger partial charge in [0.25, 0.3) is 11.8 Å². The Hall–Kier alpha value is -5.44. The molecule has 4 heterocycles. The van der Waals surface area contributed by atoms with Crippen molar-refractivity contribution in [2.75, 3.05) is 11.9 Å². The number of benzene rings is 2. The van der Waals surface area contributed by atoms with Crippen molar-refractivity contribution in [3.05, 3.63) is 71.7 Å². The first kappa shape index (κ1) is 27.7. The van der Waals surface area contributed by atoms with Gasteiger partial charge in [-0.3, -0.25) is 39.1 Å². The molecule has 2 N–H and O–H groups in total. The van der Waals surface area contributed by atoms with Crippen LogP contribution < -0.4 is 10.6 Å². The molecule has 0 spiro atoms. The van der Waals surface area contributed by atoms with Gasteiger partial charge in [0.2, 0.25) is 11.8 Å². The number of carbonyl (C=O) groups is 4. The van der Waals surface area contributed by atoms with E-state index in [1.165, 1.54) is 0 Å². The minimum Gasteiger partial charge on any atom is -0.385 e. The maximum Gasteiger partial charge on any atom is 0.262 e. The Morgan fingerprint density at radius 2 is 1.79 bits per heavy atom. The van der Waals surface area contributed by atoms with E-state index in [1.807, 2.05) is 10.9 Å². The average Bonchev–Trinajstić information content (AvgIpc) is 3.58. The molecule has 216 valence electrons. The smallest absolute Gasteiger partial charge is 0.262 e. The van der Waals surface area contributed by atoms with E-state index >= 15 is 0 Å². The predicted molar refractivity (Wildman–Crippen MR) is 156 cm³/mol. The van der Waals surface area contributed by atoms with Gasteiger partial charge in [-0.05, 0) is 55.7 Å². The zero-order valence-electron chi connectivity index (χ0n) is 23.2. The number of fused-ring (bicyclic) bond motifs is 2. The van der Waals surface area contributed by atoms with Crippen LogP contribution in [0.25, 0.3) is 22.3 Å². The molecule has 2 aromatic carbocycles. The second kappa shape index (κ2) is 11.8. The number of rotatable bonds is 10. The van der Waals surface area contributed by atoms with E-state index in [9.17, 15) is 19.2 Å². The normalized spacial score (nSPS) is 16.3. The maximum atomic E-state index is 13.0. The highest BCUT2D eigenvalue weighted by Gasteiger charge is 2.44. The number of nitrogens with one attached hydrogen (secondary N) is 2. The Labute approximate surface area is 246 Å². The summed E-state index contributed by atoms with van der Waals surface area (Å²) in [5.41, 5.74) is 4.80. The topological polar surface area (TPSA) is 163 Å². The first-order valence-electron chi connectivity index (χ1n) is 14.2. The number of hydrogen-bond acceptors (Lipinski definition) is 9. The summed E-state index contributed by atoms with van der Waals surface area (Å²) < 4.78 is 1.89. The Bertz CT molecular complexity index is 1810. The van der Waals surface area contributed by atoms with E-state index in [1.54, 1.807) is 48.8 Å². The van der Waals surface area contributed by atoms with E-state index in [4.69, 9.17) is 5.26 Å². The van der Waals surface area contributed by atoms with E-state index in [0.29, 0.717) is 23.3 Å². The Morgan fingerprint density at radius 3 is 2.63 bits per heavy atom. The molecule has 1 saturated heterocycles. The zero-order chi connectivity index (χ0) is 29.9. The van der Waals surface area contributed by atoms with E-state index in [2.05, 4.69) is 31.8 Å². The number of anilines is 1. The van der Waals surface area contributed by atoms with Crippen LogP contribution in [0.4, 0.5) is 5.69 Å². The van der Waals surface area contributed by atoms with Crippen LogP contribution in [-0.4, -0.2) is 60.9 Å². The number of amides is 4. The molecule has 0 saturated carbocycles. The summed E-state index contributed by atoms with van der Waals surface area (Å²) in [4.78, 5) is 59.6. The number of imide groups is 2. The van der Waals surface area contributed by atoms with Crippen LogP contribution >= 0.6 is 0 Å². The summed E-state index contributed by atoms with van der Waals surface area (Å²) >= 11 is 0. The molecule has 1 fully saturated rings. The molecule has 6 rings (SSSR count). The summed E-state index contributed by atoms with van der Waals surface area (Å²) in [6.07, 6.45) is 9.56. The van der Waals surface area contributed by atoms with Crippen molar-refractivity contribution in [1.29, 1.82) is 5.26 Å². The van der Waals surface area contributed by atoms with Gasteiger partial charge in [-0.15, -0.1) is 0 Å². The van der Waals surface area contributed by atoms with Gasteiger partial charge in [0, 0.05) is 37.0 Å². The minimum absolute atomic E-state index is 0.0890. The summed E-state index contributed by atoms with van der Waals surface area (Å²) in [5, 5.41) is 19.1. The highest BCUT2D eigenvalue weighted by molar-refractivity contribution is 6.23. The quantitative estimate of drug-likeness (QED) is 0.213. The molecule has 0 aliphatic carbocycles. The van der Waals surface area contributed by atoms with Gasteiger partial charge in [0.1, 0.15) is 6.04 Å². The second-order valence-corrected chi connectivity index (χ2v) is 10.6. The largest absolute Gasteiger partial charge is 0.385 e. The lowest BCUT2D eigenvalue weighted by Gasteiger charge is -2.27. The first-order valence-corrected chi connectivity index (χ1v) is 14.2. The fourth-order valence-corrected chi connectivity index (χ4v) is 5.40. The van der Waals surface area contributed by atoms with Crippen molar-refractivity contribution >= 4 is 40.3 Å². The van der Waals surface area contributed by atoms with E-state index < -0.39 is 29.7 Å². The van der Waals surface area contributed by atoms with Gasteiger partial charge in [-0.2, -0.15) is 10.4 Å². The summed E-state index contributed by atoms with van der Waals surface area (Å²) in [5.74, 6) is -2.04. The SMILES string of the molecule is N#Cc1ccc2ncc(-c3cnn(CCCCCCNc4ccc5c(c4)C(=O)N(C4CCC(=O)NC4=O)C5=O)c3)nc2c1. The van der Waals surface area contributed by atoms with Crippen molar-refractivity contribution in [2.45, 2.75) is 51.1 Å². The molecule has 2 aliphatic heterocycles. The molecule has 12 nitrogen and oxygen atoms in total. The van der Waals surface area contributed by atoms with Crippen molar-refractivity contribution in [1.82, 2.24) is 30.0 Å². The van der Waals surface area contributed by atoms with Crippen LogP contribution in [0.15, 0.2) is 55.0 Å². The van der Waals surface area contributed by atoms with Crippen LogP contribution in [0, 0.1) is 11.3 Å². The van der Waals surface area contributed by atoms with Crippen LogP contribution in [0.2, 0.25) is 0 Å². The second-order valence-electron chi connectivity index (χ2n) is 10.6. The van der Waals surface area contributed by atoms with Gasteiger partial charge < -0.3 is 5.32 Å². The third kappa shape index (κ3) is 5.70. The number of unbranched alkanes of at least 4 members (excludes halogenated alkanes) is 3. The molecule has 12 heteroatoms. The molecule has 1 unspecified atom stereocenters. The van der Waals surface area contributed by atoms with Crippen LogP contribution in [0.1, 0.15) is 64.8 Å². The Balaban J connectivity index is 0.949. The first-order chi connectivity index (χ1) is 20.9. The lowest BCUT2D eigenvalue weighted by molar-refractivity contribution is -0.136. The summed E-state index contributed by atoms with van der Waals surface area (Å²) in [7, 11) is 0. The average molecular weight is 577 g/mol. The van der Waals surface area contributed by atoms with Crippen LogP contribution in [-0.2, 0) is 16.1 Å². The number of piperidine rings is 1. The minimum atomic E-state index is -0.971. The van der Waals surface area contributed by atoms with Crippen molar-refractivity contribution in [3.63, 3.8) is 0 Å². The molecular formula is C31H28N8O4. The third-order valence-corrected chi connectivity index (χ3v) is 7.68. The Morgan fingerprint density at radius 1 is 0.953 bits per heavy atom. The monoisotopic (exact) mass is 576 g/mol. The lowest BCUT2D eigenvalue weighted by atomic mass is 10.0. The van der Waals surface area contributed by atoms with Gasteiger partial charge >= 0.3 is 0 Å². The number of aromatic nitrogens is 4. The van der Waals surface area contributed by atoms with Crippen LogP contribution in [0.3, 0.4) is 0 Å². The summed E-state index contributed by atoms with van der Waals surface area (Å²) in [6.45, 7) is 1.48. The van der Waals surface area contributed by atoms with Gasteiger partial charge in [0.15, 0.2) is 0 Å². The maximum absolute atomic E-state index is 13.0. The molecule has 4 aromatic rings. The standard InChI is InChI=1S/C31H28N8O4/c32-15-19-5-8-24-25(13-19)36-26(17-34-24)20-16-35-38(18-20)12-4-2-1-3-11-33-21-6-7-22-23(14-21)31(43)39(30(22)42)27-9-10-28(40)37-29(27)41/h5-8,13-14,16-18,27,33H,1-4,9-12H2,(H,37,40,41). The van der Waals surface area contributed by atoms with E-state index in [0.717, 1.165) is 53.9 Å². The molecule has 2 aliphatic rings. The number of nitrogens with zero attached hydrogens (tertiary/aromatic N) is 6. The van der Waals surface area contributed by atoms with Crippen LogP contribution in [0.5, 0.6) is 0 Å². The third-order valence-electron chi connectivity index (χ3n) is 7.68. The molecule has 2 aromatic heterocycles. The van der Waals surface area contributed by atoms with E-state index in [-0.39, 0.29) is 24.0 Å². The van der Waals surface area contributed by atoms with Crippen molar-refractivity contribution < 1.29 is 19.2 Å². The number of nitriles is 1. The predicted octanol–water partition coefficient (Wildman–Crippen LogP) is 3.44. The molecule has 0 bridgehead atoms. The molecular weight excluding hydrogens is 548 g/mol.